The Morgan fingerprint density at radius 3 is 2.20 bits per heavy atom. The summed E-state index contributed by atoms with van der Waals surface area (Å²) in [5.41, 5.74) is 2.48. The summed E-state index contributed by atoms with van der Waals surface area (Å²) in [6, 6.07) is 20.6. The van der Waals surface area contributed by atoms with Crippen molar-refractivity contribution in [2.24, 2.45) is 0 Å². The van der Waals surface area contributed by atoms with E-state index in [1.165, 1.54) is 11.1 Å². The average molecular weight is 267 g/mol. The van der Waals surface area contributed by atoms with Crippen LogP contribution in [0.1, 0.15) is 11.1 Å². The van der Waals surface area contributed by atoms with Crippen molar-refractivity contribution < 1.29 is 5.11 Å². The number of nitrogens with zero attached hydrogens (tertiary/aromatic N) is 1. The second-order valence-electron chi connectivity index (χ2n) is 4.76. The van der Waals surface area contributed by atoms with Gasteiger partial charge in [-0.3, -0.25) is 4.90 Å². The summed E-state index contributed by atoms with van der Waals surface area (Å²) in [6.45, 7) is 2.57. The van der Waals surface area contributed by atoms with Crippen LogP contribution < -0.4 is 0 Å². The Labute approximate surface area is 121 Å². The normalized spacial score (nSPS) is 11.3. The first-order valence-corrected chi connectivity index (χ1v) is 6.97. The lowest BCUT2D eigenvalue weighted by molar-refractivity contribution is 0.203. The molecular weight excluding hydrogens is 246 g/mol. The first-order valence-electron chi connectivity index (χ1n) is 6.97. The molecule has 2 rings (SSSR count). The molecule has 0 heterocycles. The molecule has 0 aliphatic carbocycles. The van der Waals surface area contributed by atoms with Crippen molar-refractivity contribution in [3.63, 3.8) is 0 Å². The van der Waals surface area contributed by atoms with Crippen LogP contribution in [0, 0.1) is 0 Å². The number of benzene rings is 2. The van der Waals surface area contributed by atoms with Crippen molar-refractivity contribution in [1.82, 2.24) is 4.90 Å². The molecule has 104 valence electrons. The molecule has 2 nitrogen and oxygen atoms in total. The van der Waals surface area contributed by atoms with Crippen LogP contribution in [0.25, 0.3) is 6.08 Å². The standard InChI is InChI=1S/C18H21NO/c20-15-14-19(16-18-10-5-2-6-11-18)13-7-12-17-8-3-1-4-9-17/h1-12,20H,13-16H2. The second-order valence-corrected chi connectivity index (χ2v) is 4.76. The van der Waals surface area contributed by atoms with Gasteiger partial charge in [0.25, 0.3) is 0 Å². The predicted molar refractivity (Wildman–Crippen MR) is 84.3 cm³/mol. The van der Waals surface area contributed by atoms with Crippen LogP contribution in [-0.4, -0.2) is 29.7 Å². The molecule has 0 aliphatic rings. The Balaban J connectivity index is 1.91. The Morgan fingerprint density at radius 1 is 0.900 bits per heavy atom. The van der Waals surface area contributed by atoms with Gasteiger partial charge in [0, 0.05) is 19.6 Å². The first-order chi connectivity index (χ1) is 9.88. The van der Waals surface area contributed by atoms with E-state index in [4.69, 9.17) is 5.11 Å². The minimum atomic E-state index is 0.187. The van der Waals surface area contributed by atoms with Gasteiger partial charge in [-0.1, -0.05) is 72.8 Å². The molecule has 0 fully saturated rings. The van der Waals surface area contributed by atoms with Gasteiger partial charge in [-0.25, -0.2) is 0 Å². The van der Waals surface area contributed by atoms with E-state index in [1.807, 2.05) is 36.4 Å². The third kappa shape index (κ3) is 5.00. The zero-order valence-electron chi connectivity index (χ0n) is 11.7. The van der Waals surface area contributed by atoms with E-state index >= 15 is 0 Å². The number of aliphatic hydroxyl groups is 1. The Morgan fingerprint density at radius 2 is 1.55 bits per heavy atom. The van der Waals surface area contributed by atoms with Crippen LogP contribution >= 0.6 is 0 Å². The average Bonchev–Trinajstić information content (AvgIpc) is 2.49. The Bertz CT molecular complexity index is 507. The summed E-state index contributed by atoms with van der Waals surface area (Å²) < 4.78 is 0. The maximum Gasteiger partial charge on any atom is 0.0558 e. The molecule has 0 spiro atoms. The van der Waals surface area contributed by atoms with Gasteiger partial charge in [0.05, 0.1) is 6.61 Å². The minimum absolute atomic E-state index is 0.187. The molecule has 0 atom stereocenters. The molecule has 0 aliphatic heterocycles. The largest absolute Gasteiger partial charge is 0.395 e. The summed E-state index contributed by atoms with van der Waals surface area (Å²) in [6.07, 6.45) is 4.27. The van der Waals surface area contributed by atoms with E-state index in [0.717, 1.165) is 13.1 Å². The summed E-state index contributed by atoms with van der Waals surface area (Å²) >= 11 is 0. The maximum absolute atomic E-state index is 9.17. The topological polar surface area (TPSA) is 23.5 Å². The third-order valence-electron chi connectivity index (χ3n) is 3.14. The van der Waals surface area contributed by atoms with Crippen LogP contribution in [0.3, 0.4) is 0 Å². The molecule has 2 heteroatoms. The van der Waals surface area contributed by atoms with Crippen molar-refractivity contribution in [3.05, 3.63) is 77.9 Å². The molecule has 2 aromatic carbocycles. The predicted octanol–water partition coefficient (Wildman–Crippen LogP) is 3.19. The lowest BCUT2D eigenvalue weighted by Crippen LogP contribution is -2.26. The van der Waals surface area contributed by atoms with E-state index in [2.05, 4.69) is 41.3 Å². The highest BCUT2D eigenvalue weighted by Crippen LogP contribution is 2.05. The van der Waals surface area contributed by atoms with Gasteiger partial charge < -0.3 is 5.11 Å². The van der Waals surface area contributed by atoms with E-state index in [0.29, 0.717) is 6.54 Å². The molecule has 2 aromatic rings. The van der Waals surface area contributed by atoms with Crippen molar-refractivity contribution in [3.8, 4) is 0 Å². The number of hydrogen-bond acceptors (Lipinski definition) is 2. The molecule has 1 N–H and O–H groups in total. The molecule has 0 bridgehead atoms. The second kappa shape index (κ2) is 8.31. The molecule has 0 radical (unpaired) electrons. The highest BCUT2D eigenvalue weighted by molar-refractivity contribution is 5.48. The molecule has 0 saturated carbocycles. The van der Waals surface area contributed by atoms with Gasteiger partial charge in [0.1, 0.15) is 0 Å². The van der Waals surface area contributed by atoms with Crippen LogP contribution in [-0.2, 0) is 6.54 Å². The quantitative estimate of drug-likeness (QED) is 0.832. The van der Waals surface area contributed by atoms with Crippen LogP contribution in [0.15, 0.2) is 66.7 Å². The van der Waals surface area contributed by atoms with Crippen molar-refractivity contribution >= 4 is 6.08 Å². The molecule has 0 aromatic heterocycles. The number of hydrogen-bond donors (Lipinski definition) is 1. The van der Waals surface area contributed by atoms with Gasteiger partial charge >= 0.3 is 0 Å². The summed E-state index contributed by atoms with van der Waals surface area (Å²) in [4.78, 5) is 2.23. The summed E-state index contributed by atoms with van der Waals surface area (Å²) in [5.74, 6) is 0. The SMILES string of the molecule is OCCN(CC=Cc1ccccc1)Cc1ccccc1. The van der Waals surface area contributed by atoms with Crippen LogP contribution in [0.5, 0.6) is 0 Å². The van der Waals surface area contributed by atoms with Crippen molar-refractivity contribution in [1.29, 1.82) is 0 Å². The van der Waals surface area contributed by atoms with E-state index < -0.39 is 0 Å². The fourth-order valence-corrected chi connectivity index (χ4v) is 2.12. The third-order valence-corrected chi connectivity index (χ3v) is 3.14. The van der Waals surface area contributed by atoms with Gasteiger partial charge in [0.15, 0.2) is 0 Å². The van der Waals surface area contributed by atoms with Crippen LogP contribution in [0.4, 0.5) is 0 Å². The zero-order valence-corrected chi connectivity index (χ0v) is 11.7. The monoisotopic (exact) mass is 267 g/mol. The first kappa shape index (κ1) is 14.5. The van der Waals surface area contributed by atoms with Crippen molar-refractivity contribution in [2.75, 3.05) is 19.7 Å². The molecular formula is C18H21NO. The Hall–Kier alpha value is -1.90. The number of aliphatic hydroxyl groups excluding tert-OH is 1. The van der Waals surface area contributed by atoms with E-state index in [-0.39, 0.29) is 6.61 Å². The van der Waals surface area contributed by atoms with Gasteiger partial charge in [-0.2, -0.15) is 0 Å². The van der Waals surface area contributed by atoms with Gasteiger partial charge in [-0.05, 0) is 11.1 Å². The lowest BCUT2D eigenvalue weighted by atomic mass is 10.2. The fraction of sp³-hybridized carbons (Fsp3) is 0.222. The molecule has 0 unspecified atom stereocenters. The zero-order chi connectivity index (χ0) is 14.0. The van der Waals surface area contributed by atoms with E-state index in [9.17, 15) is 0 Å². The molecule has 20 heavy (non-hydrogen) atoms. The fourth-order valence-electron chi connectivity index (χ4n) is 2.12. The summed E-state index contributed by atoms with van der Waals surface area (Å²) in [7, 11) is 0. The highest BCUT2D eigenvalue weighted by atomic mass is 16.3. The molecule has 0 amide bonds. The number of rotatable bonds is 7. The minimum Gasteiger partial charge on any atom is -0.395 e. The highest BCUT2D eigenvalue weighted by Gasteiger charge is 2.02. The van der Waals surface area contributed by atoms with Crippen molar-refractivity contribution in [2.45, 2.75) is 6.54 Å². The smallest absolute Gasteiger partial charge is 0.0558 e. The molecule has 0 saturated heterocycles. The van der Waals surface area contributed by atoms with Gasteiger partial charge in [-0.15, -0.1) is 0 Å². The maximum atomic E-state index is 9.17. The Kier molecular flexibility index (Phi) is 6.03. The summed E-state index contributed by atoms with van der Waals surface area (Å²) in [5, 5.41) is 9.17. The lowest BCUT2D eigenvalue weighted by Gasteiger charge is -2.19. The van der Waals surface area contributed by atoms with Crippen LogP contribution in [0.2, 0.25) is 0 Å². The van der Waals surface area contributed by atoms with E-state index in [1.54, 1.807) is 0 Å². The van der Waals surface area contributed by atoms with Gasteiger partial charge in [0.2, 0.25) is 0 Å².